The van der Waals surface area contributed by atoms with Crippen LogP contribution in [0, 0.1) is 6.92 Å². The van der Waals surface area contributed by atoms with Crippen molar-refractivity contribution in [3.63, 3.8) is 0 Å². The van der Waals surface area contributed by atoms with Crippen LogP contribution in [-0.4, -0.2) is 40.4 Å². The first-order valence-electron chi connectivity index (χ1n) is 10.6. The molecule has 1 aliphatic heterocycles. The number of imide groups is 1. The molecule has 1 atom stereocenters. The van der Waals surface area contributed by atoms with Gasteiger partial charge < -0.3 is 10.6 Å². The third kappa shape index (κ3) is 4.66. The molecule has 4 amide bonds. The van der Waals surface area contributed by atoms with E-state index in [-0.39, 0.29) is 42.7 Å². The molecule has 33 heavy (non-hydrogen) atoms. The highest BCUT2D eigenvalue weighted by molar-refractivity contribution is 6.31. The highest BCUT2D eigenvalue weighted by Gasteiger charge is 2.43. The molecule has 2 N–H and O–H groups in total. The average molecular weight is 468 g/mol. The summed E-state index contributed by atoms with van der Waals surface area (Å²) in [6, 6.07) is 8.52. The van der Waals surface area contributed by atoms with Crippen molar-refractivity contribution in [2.45, 2.75) is 45.2 Å². The molecular formula is C24H22ClN3O5. The summed E-state index contributed by atoms with van der Waals surface area (Å²) in [5.74, 6) is -1.65. The van der Waals surface area contributed by atoms with Crippen LogP contribution in [0.3, 0.4) is 0 Å². The maximum absolute atomic E-state index is 13.0. The number of fused-ring (bicyclic) bond motifs is 1. The van der Waals surface area contributed by atoms with Gasteiger partial charge in [0, 0.05) is 23.7 Å². The number of nitrogens with one attached hydrogen (secondary N) is 2. The predicted octanol–water partition coefficient (Wildman–Crippen LogP) is 3.65. The SMILES string of the molecule is Cc1ccc(NC(=O)NCc2ccc3c(c2)C(=O)N(C2CCCC(=O)CC2=O)C3=O)cc1Cl. The number of ketones is 2. The number of nitrogens with zero attached hydrogens (tertiary/aromatic N) is 1. The number of aryl methyl sites for hydroxylation is 1. The molecule has 1 saturated carbocycles. The van der Waals surface area contributed by atoms with Crippen LogP contribution >= 0.6 is 11.6 Å². The van der Waals surface area contributed by atoms with Crippen molar-refractivity contribution in [2.75, 3.05) is 5.32 Å². The maximum atomic E-state index is 13.0. The minimum absolute atomic E-state index is 0.122. The van der Waals surface area contributed by atoms with E-state index in [1.54, 1.807) is 30.3 Å². The smallest absolute Gasteiger partial charge is 0.319 e. The van der Waals surface area contributed by atoms with Crippen LogP contribution in [-0.2, 0) is 16.1 Å². The quantitative estimate of drug-likeness (QED) is 0.405. The number of Topliss-reactive ketones (excluding diaryl/α,β-unsaturated/α-hetero) is 2. The molecule has 1 heterocycles. The molecule has 8 nitrogen and oxygen atoms in total. The summed E-state index contributed by atoms with van der Waals surface area (Å²) in [5.41, 5.74) is 2.46. The number of urea groups is 1. The zero-order valence-corrected chi connectivity index (χ0v) is 18.7. The third-order valence-electron chi connectivity index (χ3n) is 5.85. The van der Waals surface area contributed by atoms with Crippen LogP contribution in [0.4, 0.5) is 10.5 Å². The van der Waals surface area contributed by atoms with E-state index in [0.29, 0.717) is 22.7 Å². The van der Waals surface area contributed by atoms with E-state index >= 15 is 0 Å². The first kappa shape index (κ1) is 22.7. The van der Waals surface area contributed by atoms with E-state index in [0.717, 1.165) is 10.5 Å². The van der Waals surface area contributed by atoms with Crippen LogP contribution in [0.15, 0.2) is 36.4 Å². The van der Waals surface area contributed by atoms with Crippen LogP contribution in [0.5, 0.6) is 0 Å². The molecule has 0 spiro atoms. The monoisotopic (exact) mass is 467 g/mol. The highest BCUT2D eigenvalue weighted by Crippen LogP contribution is 2.29. The number of amides is 4. The lowest BCUT2D eigenvalue weighted by Gasteiger charge is -2.23. The zero-order chi connectivity index (χ0) is 23.7. The molecule has 0 aromatic heterocycles. The minimum Gasteiger partial charge on any atom is -0.334 e. The molecule has 4 rings (SSSR count). The molecular weight excluding hydrogens is 446 g/mol. The Morgan fingerprint density at radius 1 is 1.06 bits per heavy atom. The van der Waals surface area contributed by atoms with Gasteiger partial charge >= 0.3 is 6.03 Å². The average Bonchev–Trinajstić information content (AvgIpc) is 2.89. The Bertz CT molecular complexity index is 1190. The molecule has 170 valence electrons. The van der Waals surface area contributed by atoms with Gasteiger partial charge in [-0.2, -0.15) is 0 Å². The van der Waals surface area contributed by atoms with Crippen molar-refractivity contribution < 1.29 is 24.0 Å². The fraction of sp³-hybridized carbons (Fsp3) is 0.292. The molecule has 2 aromatic carbocycles. The van der Waals surface area contributed by atoms with E-state index < -0.39 is 29.7 Å². The molecule has 1 fully saturated rings. The predicted molar refractivity (Wildman–Crippen MR) is 121 cm³/mol. The number of hydrogen-bond acceptors (Lipinski definition) is 5. The van der Waals surface area contributed by atoms with E-state index in [2.05, 4.69) is 10.6 Å². The topological polar surface area (TPSA) is 113 Å². The first-order chi connectivity index (χ1) is 15.7. The summed E-state index contributed by atoms with van der Waals surface area (Å²) in [7, 11) is 0. The number of halogens is 1. The second kappa shape index (κ2) is 9.15. The molecule has 2 aliphatic rings. The molecule has 0 bridgehead atoms. The van der Waals surface area contributed by atoms with Gasteiger partial charge in [0.05, 0.1) is 23.6 Å². The van der Waals surface area contributed by atoms with Gasteiger partial charge in [0.15, 0.2) is 5.78 Å². The van der Waals surface area contributed by atoms with Crippen molar-refractivity contribution in [1.29, 1.82) is 0 Å². The number of anilines is 1. The standard InChI is InChI=1S/C24H22ClN3O5/c1-13-5-7-15(10-19(13)25)27-24(33)26-12-14-6-8-17-18(9-14)23(32)28(22(17)31)20-4-2-3-16(29)11-21(20)30/h5-10,20H,2-4,11-12H2,1H3,(H2,26,27,33). The van der Waals surface area contributed by atoms with Gasteiger partial charge in [0.2, 0.25) is 0 Å². The third-order valence-corrected chi connectivity index (χ3v) is 6.26. The lowest BCUT2D eigenvalue weighted by Crippen LogP contribution is -2.44. The van der Waals surface area contributed by atoms with Crippen LogP contribution in [0.2, 0.25) is 5.02 Å². The van der Waals surface area contributed by atoms with Crippen molar-refractivity contribution in [1.82, 2.24) is 10.2 Å². The fourth-order valence-corrected chi connectivity index (χ4v) is 4.24. The largest absolute Gasteiger partial charge is 0.334 e. The lowest BCUT2D eigenvalue weighted by atomic mass is 10.1. The van der Waals surface area contributed by atoms with Gasteiger partial charge in [-0.1, -0.05) is 23.7 Å². The van der Waals surface area contributed by atoms with Crippen LogP contribution in [0.1, 0.15) is 57.5 Å². The van der Waals surface area contributed by atoms with Gasteiger partial charge in [0.25, 0.3) is 11.8 Å². The van der Waals surface area contributed by atoms with E-state index in [4.69, 9.17) is 11.6 Å². The number of benzene rings is 2. The molecule has 1 unspecified atom stereocenters. The van der Waals surface area contributed by atoms with Crippen molar-refractivity contribution >= 4 is 46.7 Å². The lowest BCUT2D eigenvalue weighted by molar-refractivity contribution is -0.128. The Kier molecular flexibility index (Phi) is 6.29. The Balaban J connectivity index is 1.44. The number of carbonyl (C=O) groups is 5. The number of carbonyl (C=O) groups excluding carboxylic acids is 5. The fourth-order valence-electron chi connectivity index (χ4n) is 4.06. The van der Waals surface area contributed by atoms with Crippen molar-refractivity contribution in [3.8, 4) is 0 Å². The summed E-state index contributed by atoms with van der Waals surface area (Å²) in [5, 5.41) is 5.92. The van der Waals surface area contributed by atoms with E-state index in [1.807, 2.05) is 6.92 Å². The molecule has 0 saturated heterocycles. The normalized spacial score (nSPS) is 18.2. The summed E-state index contributed by atoms with van der Waals surface area (Å²) in [6.07, 6.45) is 0.763. The van der Waals surface area contributed by atoms with Gasteiger partial charge in [-0.15, -0.1) is 0 Å². The summed E-state index contributed by atoms with van der Waals surface area (Å²) >= 11 is 6.07. The first-order valence-corrected chi connectivity index (χ1v) is 11.0. The second-order valence-corrected chi connectivity index (χ2v) is 8.63. The molecule has 0 radical (unpaired) electrons. The van der Waals surface area contributed by atoms with Gasteiger partial charge in [-0.05, 0) is 55.2 Å². The summed E-state index contributed by atoms with van der Waals surface area (Å²) in [6.45, 7) is 1.98. The Morgan fingerprint density at radius 2 is 1.82 bits per heavy atom. The second-order valence-electron chi connectivity index (χ2n) is 8.22. The van der Waals surface area contributed by atoms with Gasteiger partial charge in [-0.3, -0.25) is 24.1 Å². The van der Waals surface area contributed by atoms with E-state index in [1.165, 1.54) is 6.07 Å². The van der Waals surface area contributed by atoms with Crippen LogP contribution < -0.4 is 10.6 Å². The number of hydrogen-bond donors (Lipinski definition) is 2. The number of rotatable bonds is 4. The van der Waals surface area contributed by atoms with Crippen molar-refractivity contribution in [2.24, 2.45) is 0 Å². The Morgan fingerprint density at radius 3 is 2.58 bits per heavy atom. The Hall–Kier alpha value is -3.52. The van der Waals surface area contributed by atoms with E-state index in [9.17, 15) is 24.0 Å². The molecule has 9 heteroatoms. The highest BCUT2D eigenvalue weighted by atomic mass is 35.5. The minimum atomic E-state index is -0.919. The van der Waals surface area contributed by atoms with Crippen molar-refractivity contribution in [3.05, 3.63) is 63.7 Å². The van der Waals surface area contributed by atoms with Gasteiger partial charge in [-0.25, -0.2) is 4.79 Å². The van der Waals surface area contributed by atoms with Gasteiger partial charge in [0.1, 0.15) is 5.78 Å². The molecule has 1 aliphatic carbocycles. The molecule has 2 aromatic rings. The maximum Gasteiger partial charge on any atom is 0.319 e. The summed E-state index contributed by atoms with van der Waals surface area (Å²) < 4.78 is 0. The van der Waals surface area contributed by atoms with Crippen LogP contribution in [0.25, 0.3) is 0 Å². The zero-order valence-electron chi connectivity index (χ0n) is 17.9. The Labute approximate surface area is 195 Å². The summed E-state index contributed by atoms with van der Waals surface area (Å²) in [4.78, 5) is 63.2.